The zero-order valence-corrected chi connectivity index (χ0v) is 10.8. The fraction of sp³-hybridized carbons (Fsp3) is 0.429. The first-order valence-corrected chi connectivity index (χ1v) is 6.55. The van der Waals surface area contributed by atoms with Crippen LogP contribution in [0.4, 0.5) is 0 Å². The summed E-state index contributed by atoms with van der Waals surface area (Å²) in [5.41, 5.74) is 7.04. The molecule has 1 aliphatic rings. The molecule has 0 unspecified atom stereocenters. The van der Waals surface area contributed by atoms with Crippen molar-refractivity contribution in [2.45, 2.75) is 38.1 Å². The molecule has 1 saturated carbocycles. The Kier molecular flexibility index (Phi) is 4.39. The first-order valence-electron chi connectivity index (χ1n) is 6.55. The number of carbonyl (C=O) groups excluding carboxylic acids is 1. The maximum atomic E-state index is 11.8. The average molecular weight is 261 g/mol. The number of carbonyl (C=O) groups is 1. The lowest BCUT2D eigenvalue weighted by molar-refractivity contribution is -0.121. The third kappa shape index (κ3) is 3.71. The molecule has 0 aliphatic heterocycles. The molecule has 0 spiro atoms. The van der Waals surface area contributed by atoms with Gasteiger partial charge in [0, 0.05) is 11.6 Å². The minimum Gasteiger partial charge on any atom is -0.409 e. The van der Waals surface area contributed by atoms with Crippen molar-refractivity contribution < 1.29 is 10.0 Å². The van der Waals surface area contributed by atoms with E-state index < -0.39 is 0 Å². The normalized spacial score (nSPS) is 16.5. The van der Waals surface area contributed by atoms with Crippen LogP contribution in [0, 0.1) is 0 Å². The molecular weight excluding hydrogens is 242 g/mol. The molecule has 5 nitrogen and oxygen atoms in total. The molecule has 2 rings (SSSR count). The molecule has 19 heavy (non-hydrogen) atoms. The van der Waals surface area contributed by atoms with Crippen LogP contribution in [-0.2, 0) is 11.2 Å². The Labute approximate surface area is 112 Å². The number of hydrogen-bond acceptors (Lipinski definition) is 3. The second kappa shape index (κ2) is 6.22. The molecule has 0 atom stereocenters. The van der Waals surface area contributed by atoms with Crippen molar-refractivity contribution in [3.63, 3.8) is 0 Å². The number of rotatable bonds is 4. The average Bonchev–Trinajstić information content (AvgIpc) is 2.91. The van der Waals surface area contributed by atoms with Crippen molar-refractivity contribution in [1.29, 1.82) is 0 Å². The van der Waals surface area contributed by atoms with Crippen molar-refractivity contribution >= 4 is 11.7 Å². The van der Waals surface area contributed by atoms with Gasteiger partial charge in [-0.2, -0.15) is 0 Å². The quantitative estimate of drug-likeness (QED) is 0.331. The Hall–Kier alpha value is -2.04. The molecule has 1 aromatic carbocycles. The predicted octanol–water partition coefficient (Wildman–Crippen LogP) is 1.38. The number of amides is 1. The summed E-state index contributed by atoms with van der Waals surface area (Å²) in [7, 11) is 0. The van der Waals surface area contributed by atoms with Gasteiger partial charge in [-0.25, -0.2) is 0 Å². The summed E-state index contributed by atoms with van der Waals surface area (Å²) in [5, 5.41) is 14.5. The van der Waals surface area contributed by atoms with Crippen LogP contribution in [0.15, 0.2) is 29.4 Å². The van der Waals surface area contributed by atoms with Gasteiger partial charge in [-0.05, 0) is 18.4 Å². The third-order valence-electron chi connectivity index (χ3n) is 3.44. The van der Waals surface area contributed by atoms with E-state index in [4.69, 9.17) is 10.9 Å². The molecule has 1 aliphatic carbocycles. The van der Waals surface area contributed by atoms with Crippen LogP contribution in [0.5, 0.6) is 0 Å². The largest absolute Gasteiger partial charge is 0.409 e. The number of nitrogens with two attached hydrogens (primary N) is 1. The van der Waals surface area contributed by atoms with Gasteiger partial charge in [-0.1, -0.05) is 42.3 Å². The number of oxime groups is 1. The van der Waals surface area contributed by atoms with E-state index in [0.717, 1.165) is 18.4 Å². The van der Waals surface area contributed by atoms with Gasteiger partial charge in [0.1, 0.15) is 0 Å². The predicted molar refractivity (Wildman–Crippen MR) is 73.1 cm³/mol. The number of nitrogens with one attached hydrogen (secondary N) is 1. The van der Waals surface area contributed by atoms with E-state index in [1.165, 1.54) is 12.8 Å². The highest BCUT2D eigenvalue weighted by Gasteiger charge is 2.17. The SMILES string of the molecule is NC(=NO)c1ccc(CC(=O)NC2CCCC2)cc1. The number of amidine groups is 1. The lowest BCUT2D eigenvalue weighted by Gasteiger charge is -2.11. The number of hydrogen-bond donors (Lipinski definition) is 3. The molecule has 0 saturated heterocycles. The highest BCUT2D eigenvalue weighted by atomic mass is 16.4. The first-order chi connectivity index (χ1) is 9.19. The second-order valence-electron chi connectivity index (χ2n) is 4.91. The van der Waals surface area contributed by atoms with Crippen LogP contribution in [0.1, 0.15) is 36.8 Å². The fourth-order valence-electron chi connectivity index (χ4n) is 2.39. The van der Waals surface area contributed by atoms with Crippen molar-refractivity contribution in [1.82, 2.24) is 5.32 Å². The summed E-state index contributed by atoms with van der Waals surface area (Å²) in [5.74, 6) is 0.130. The van der Waals surface area contributed by atoms with Crippen LogP contribution >= 0.6 is 0 Å². The molecule has 1 amide bonds. The topological polar surface area (TPSA) is 87.7 Å². The minimum atomic E-state index is 0.0587. The molecule has 0 radical (unpaired) electrons. The number of benzene rings is 1. The van der Waals surface area contributed by atoms with E-state index in [-0.39, 0.29) is 11.7 Å². The van der Waals surface area contributed by atoms with Gasteiger partial charge in [-0.3, -0.25) is 4.79 Å². The minimum absolute atomic E-state index is 0.0587. The Bertz CT molecular complexity index is 462. The van der Waals surface area contributed by atoms with E-state index >= 15 is 0 Å². The number of nitrogens with zero attached hydrogens (tertiary/aromatic N) is 1. The molecular formula is C14H19N3O2. The van der Waals surface area contributed by atoms with Gasteiger partial charge in [0.25, 0.3) is 0 Å². The van der Waals surface area contributed by atoms with Gasteiger partial charge in [0.15, 0.2) is 5.84 Å². The van der Waals surface area contributed by atoms with Gasteiger partial charge < -0.3 is 16.3 Å². The van der Waals surface area contributed by atoms with E-state index in [0.29, 0.717) is 18.0 Å². The summed E-state index contributed by atoms with van der Waals surface area (Å²) in [6, 6.07) is 7.48. The molecule has 1 fully saturated rings. The zero-order valence-electron chi connectivity index (χ0n) is 10.8. The highest BCUT2D eigenvalue weighted by molar-refractivity contribution is 5.97. The van der Waals surface area contributed by atoms with Crippen LogP contribution in [0.3, 0.4) is 0 Å². The summed E-state index contributed by atoms with van der Waals surface area (Å²) in [6.45, 7) is 0. The maximum absolute atomic E-state index is 11.8. The molecule has 0 bridgehead atoms. The fourth-order valence-corrected chi connectivity index (χ4v) is 2.39. The Balaban J connectivity index is 1.90. The van der Waals surface area contributed by atoms with Crippen molar-refractivity contribution in [3.05, 3.63) is 35.4 Å². The molecule has 4 N–H and O–H groups in total. The molecule has 102 valence electrons. The van der Waals surface area contributed by atoms with Crippen LogP contribution < -0.4 is 11.1 Å². The van der Waals surface area contributed by atoms with Crippen molar-refractivity contribution in [2.24, 2.45) is 10.9 Å². The Morgan fingerprint density at radius 1 is 1.32 bits per heavy atom. The van der Waals surface area contributed by atoms with Gasteiger partial charge in [0.2, 0.25) is 5.91 Å². The molecule has 5 heteroatoms. The van der Waals surface area contributed by atoms with E-state index in [9.17, 15) is 4.79 Å². The summed E-state index contributed by atoms with van der Waals surface area (Å²) in [4.78, 5) is 11.8. The van der Waals surface area contributed by atoms with Crippen molar-refractivity contribution in [2.75, 3.05) is 0 Å². The zero-order chi connectivity index (χ0) is 13.7. The molecule has 0 aromatic heterocycles. The summed E-state index contributed by atoms with van der Waals surface area (Å²) in [6.07, 6.45) is 4.97. The summed E-state index contributed by atoms with van der Waals surface area (Å²) < 4.78 is 0. The Morgan fingerprint density at radius 2 is 1.95 bits per heavy atom. The second-order valence-corrected chi connectivity index (χ2v) is 4.91. The maximum Gasteiger partial charge on any atom is 0.224 e. The Morgan fingerprint density at radius 3 is 2.53 bits per heavy atom. The third-order valence-corrected chi connectivity index (χ3v) is 3.44. The summed E-state index contributed by atoms with van der Waals surface area (Å²) >= 11 is 0. The molecule has 0 heterocycles. The van der Waals surface area contributed by atoms with Gasteiger partial charge in [-0.15, -0.1) is 0 Å². The monoisotopic (exact) mass is 261 g/mol. The van der Waals surface area contributed by atoms with E-state index in [1.807, 2.05) is 12.1 Å². The van der Waals surface area contributed by atoms with Crippen LogP contribution in [0.25, 0.3) is 0 Å². The lowest BCUT2D eigenvalue weighted by atomic mass is 10.1. The van der Waals surface area contributed by atoms with Crippen LogP contribution in [-0.4, -0.2) is 23.0 Å². The van der Waals surface area contributed by atoms with E-state index in [2.05, 4.69) is 10.5 Å². The standard InChI is InChI=1S/C14H19N3O2/c15-14(17-19)11-7-5-10(6-8-11)9-13(18)16-12-3-1-2-4-12/h5-8,12,19H,1-4,9H2,(H2,15,17)(H,16,18). The van der Waals surface area contributed by atoms with Crippen molar-refractivity contribution in [3.8, 4) is 0 Å². The first kappa shape index (κ1) is 13.4. The van der Waals surface area contributed by atoms with Gasteiger partial charge in [0.05, 0.1) is 6.42 Å². The van der Waals surface area contributed by atoms with Gasteiger partial charge >= 0.3 is 0 Å². The smallest absolute Gasteiger partial charge is 0.224 e. The molecule has 1 aromatic rings. The lowest BCUT2D eigenvalue weighted by Crippen LogP contribution is -2.33. The van der Waals surface area contributed by atoms with Crippen LogP contribution in [0.2, 0.25) is 0 Å². The van der Waals surface area contributed by atoms with E-state index in [1.54, 1.807) is 12.1 Å². The highest BCUT2D eigenvalue weighted by Crippen LogP contribution is 2.17.